The maximum atomic E-state index is 13.7. The zero-order valence-corrected chi connectivity index (χ0v) is 13.4. The molecule has 0 N–H and O–H groups in total. The van der Waals surface area contributed by atoms with Gasteiger partial charge in [0.1, 0.15) is 7.05 Å². The zero-order chi connectivity index (χ0) is 16.5. The summed E-state index contributed by atoms with van der Waals surface area (Å²) in [6, 6.07) is 22.4. The molecule has 4 aromatic rings. The summed E-state index contributed by atoms with van der Waals surface area (Å²) in [4.78, 5) is 0. The highest BCUT2D eigenvalue weighted by atomic mass is 19.1. The third-order valence-corrected chi connectivity index (χ3v) is 4.37. The van der Waals surface area contributed by atoms with E-state index in [4.69, 9.17) is 0 Å². The molecule has 0 radical (unpaired) electrons. The van der Waals surface area contributed by atoms with Crippen molar-refractivity contribution in [3.63, 3.8) is 0 Å². The quantitative estimate of drug-likeness (QED) is 0.274. The molecule has 1 nitrogen and oxygen atoms in total. The van der Waals surface area contributed by atoms with Crippen molar-refractivity contribution in [1.29, 1.82) is 0 Å². The molecule has 0 aliphatic carbocycles. The summed E-state index contributed by atoms with van der Waals surface area (Å²) in [5, 5.41) is 4.83. The molecule has 3 aromatic carbocycles. The van der Waals surface area contributed by atoms with E-state index < -0.39 is 0 Å². The molecular weight excluding hydrogens is 297 g/mol. The van der Waals surface area contributed by atoms with Crippen molar-refractivity contribution < 1.29 is 8.96 Å². The molecule has 116 valence electrons. The van der Waals surface area contributed by atoms with E-state index in [1.165, 1.54) is 26.1 Å². The Morgan fingerprint density at radius 2 is 1.42 bits per heavy atom. The van der Waals surface area contributed by atoms with Crippen LogP contribution in [0.5, 0.6) is 0 Å². The summed E-state index contributed by atoms with van der Waals surface area (Å²) in [6.07, 6.45) is 5.78. The maximum Gasteiger partial charge on any atom is 0.359 e. The number of benzene rings is 3. The Kier molecular flexibility index (Phi) is 3.58. The summed E-state index contributed by atoms with van der Waals surface area (Å²) >= 11 is 0. The number of halogens is 1. The van der Waals surface area contributed by atoms with Crippen LogP contribution < -0.4 is 4.57 Å². The number of aromatic nitrogens is 1. The Morgan fingerprint density at radius 1 is 0.792 bits per heavy atom. The van der Waals surface area contributed by atoms with Crippen LogP contribution in [-0.4, -0.2) is 0 Å². The highest BCUT2D eigenvalue weighted by Gasteiger charge is 2.06. The molecule has 2 heteroatoms. The first-order valence-electron chi connectivity index (χ1n) is 7.96. The minimum absolute atomic E-state index is 0.250. The predicted molar refractivity (Wildman–Crippen MR) is 98.0 cm³/mol. The van der Waals surface area contributed by atoms with Gasteiger partial charge >= 0.3 is 5.95 Å². The molecule has 0 aliphatic heterocycles. The maximum absolute atomic E-state index is 13.7. The Morgan fingerprint density at radius 3 is 2.04 bits per heavy atom. The zero-order valence-electron chi connectivity index (χ0n) is 13.4. The molecule has 0 amide bonds. The van der Waals surface area contributed by atoms with E-state index in [2.05, 4.69) is 60.7 Å². The SMILES string of the molecule is C[n+]1ccc(C=Cc2c3ccccc3cc3ccccc23)cc1F. The van der Waals surface area contributed by atoms with Gasteiger partial charge in [0.2, 0.25) is 0 Å². The van der Waals surface area contributed by atoms with Crippen molar-refractivity contribution in [3.8, 4) is 0 Å². The normalized spacial score (nSPS) is 11.6. The van der Waals surface area contributed by atoms with Crippen LogP contribution in [0, 0.1) is 5.95 Å². The van der Waals surface area contributed by atoms with Gasteiger partial charge < -0.3 is 0 Å². The first-order chi connectivity index (χ1) is 11.7. The largest absolute Gasteiger partial charge is 0.359 e. The van der Waals surface area contributed by atoms with Gasteiger partial charge in [0.25, 0.3) is 0 Å². The first-order valence-corrected chi connectivity index (χ1v) is 7.96. The highest BCUT2D eigenvalue weighted by molar-refractivity contribution is 6.07. The Bertz CT molecular complexity index is 1030. The number of nitrogens with zero attached hydrogens (tertiary/aromatic N) is 1. The van der Waals surface area contributed by atoms with E-state index in [-0.39, 0.29) is 5.95 Å². The van der Waals surface area contributed by atoms with Crippen LogP contribution in [0.15, 0.2) is 72.9 Å². The predicted octanol–water partition coefficient (Wildman–Crippen LogP) is 5.13. The lowest BCUT2D eigenvalue weighted by Crippen LogP contribution is -2.32. The fraction of sp³-hybridized carbons (Fsp3) is 0.0455. The summed E-state index contributed by atoms with van der Waals surface area (Å²) in [5.74, 6) is -0.250. The standard InChI is InChI=1S/C22H17FN/c1-24-13-12-16(14-22(24)23)10-11-21-19-8-4-2-6-17(19)15-18-7-3-5-9-20(18)21/h2-15H,1H3/q+1. The number of fused-ring (bicyclic) bond motifs is 2. The van der Waals surface area contributed by atoms with Gasteiger partial charge in [-0.15, -0.1) is 4.39 Å². The Hall–Kier alpha value is -3.00. The number of aryl methyl sites for hydroxylation is 1. The fourth-order valence-electron chi connectivity index (χ4n) is 3.07. The fourth-order valence-corrected chi connectivity index (χ4v) is 3.07. The summed E-state index contributed by atoms with van der Waals surface area (Å²) in [5.41, 5.74) is 2.01. The topological polar surface area (TPSA) is 3.88 Å². The lowest BCUT2D eigenvalue weighted by atomic mass is 9.96. The second-order valence-corrected chi connectivity index (χ2v) is 5.96. The molecule has 1 heterocycles. The van der Waals surface area contributed by atoms with Gasteiger partial charge in [-0.25, -0.2) is 0 Å². The van der Waals surface area contributed by atoms with Crippen molar-refractivity contribution in [3.05, 3.63) is 90.0 Å². The number of rotatable bonds is 2. The molecule has 0 fully saturated rings. The highest BCUT2D eigenvalue weighted by Crippen LogP contribution is 2.29. The molecule has 0 atom stereocenters. The van der Waals surface area contributed by atoms with E-state index in [1.807, 2.05) is 12.1 Å². The lowest BCUT2D eigenvalue weighted by molar-refractivity contribution is -0.700. The van der Waals surface area contributed by atoms with Crippen LogP contribution >= 0.6 is 0 Å². The van der Waals surface area contributed by atoms with Crippen LogP contribution in [0.1, 0.15) is 11.1 Å². The van der Waals surface area contributed by atoms with Gasteiger partial charge in [0.05, 0.1) is 0 Å². The molecule has 0 saturated carbocycles. The minimum Gasteiger partial charge on any atom is -0.176 e. The molecule has 0 spiro atoms. The number of pyridine rings is 1. The Labute approximate surface area is 140 Å². The van der Waals surface area contributed by atoms with Gasteiger partial charge in [-0.05, 0) is 38.7 Å². The van der Waals surface area contributed by atoms with E-state index in [0.29, 0.717) is 0 Å². The lowest BCUT2D eigenvalue weighted by Gasteiger charge is -2.08. The number of hydrogen-bond donors (Lipinski definition) is 0. The average molecular weight is 314 g/mol. The molecule has 0 aliphatic rings. The van der Waals surface area contributed by atoms with Gasteiger partial charge in [-0.2, -0.15) is 4.57 Å². The van der Waals surface area contributed by atoms with Crippen molar-refractivity contribution >= 4 is 33.7 Å². The summed E-state index contributed by atoms with van der Waals surface area (Å²) in [7, 11) is 1.70. The average Bonchev–Trinajstić information content (AvgIpc) is 2.61. The molecule has 0 bridgehead atoms. The van der Waals surface area contributed by atoms with Crippen LogP contribution in [0.25, 0.3) is 33.7 Å². The van der Waals surface area contributed by atoms with Crippen LogP contribution in [0.2, 0.25) is 0 Å². The second-order valence-electron chi connectivity index (χ2n) is 5.96. The molecule has 1 aromatic heterocycles. The molecule has 24 heavy (non-hydrogen) atoms. The van der Waals surface area contributed by atoms with Crippen molar-refractivity contribution in [2.75, 3.05) is 0 Å². The first kappa shape index (κ1) is 14.6. The third kappa shape index (κ3) is 2.56. The minimum atomic E-state index is -0.250. The summed E-state index contributed by atoms with van der Waals surface area (Å²) in [6.45, 7) is 0. The van der Waals surface area contributed by atoms with E-state index in [1.54, 1.807) is 19.3 Å². The monoisotopic (exact) mass is 314 g/mol. The molecule has 0 unspecified atom stereocenters. The van der Waals surface area contributed by atoms with Gasteiger partial charge in [0.15, 0.2) is 6.20 Å². The van der Waals surface area contributed by atoms with Crippen LogP contribution in [-0.2, 0) is 7.05 Å². The van der Waals surface area contributed by atoms with E-state index in [0.717, 1.165) is 11.1 Å². The van der Waals surface area contributed by atoms with E-state index >= 15 is 0 Å². The van der Waals surface area contributed by atoms with Crippen LogP contribution in [0.3, 0.4) is 0 Å². The Balaban J connectivity index is 1.93. The second kappa shape index (κ2) is 5.89. The van der Waals surface area contributed by atoms with Crippen LogP contribution in [0.4, 0.5) is 4.39 Å². The van der Waals surface area contributed by atoms with Gasteiger partial charge in [-0.1, -0.05) is 60.7 Å². The summed E-state index contributed by atoms with van der Waals surface area (Å²) < 4.78 is 15.2. The van der Waals surface area contributed by atoms with E-state index in [9.17, 15) is 4.39 Å². The van der Waals surface area contributed by atoms with Gasteiger partial charge in [0, 0.05) is 12.1 Å². The third-order valence-electron chi connectivity index (χ3n) is 4.37. The number of hydrogen-bond acceptors (Lipinski definition) is 0. The molecular formula is C22H17FN+. The molecule has 0 saturated heterocycles. The smallest absolute Gasteiger partial charge is 0.176 e. The van der Waals surface area contributed by atoms with Crippen molar-refractivity contribution in [2.45, 2.75) is 0 Å². The van der Waals surface area contributed by atoms with Gasteiger partial charge in [-0.3, -0.25) is 0 Å². The molecule has 4 rings (SSSR count). The van der Waals surface area contributed by atoms with Crippen molar-refractivity contribution in [2.24, 2.45) is 7.05 Å². The van der Waals surface area contributed by atoms with Crippen molar-refractivity contribution in [1.82, 2.24) is 0 Å².